The number of aromatic nitrogens is 1. The van der Waals surface area contributed by atoms with Crippen LogP contribution in [0.5, 0.6) is 5.75 Å². The third-order valence-electron chi connectivity index (χ3n) is 4.61. The van der Waals surface area contributed by atoms with Crippen molar-refractivity contribution in [2.75, 3.05) is 24.2 Å². The zero-order chi connectivity index (χ0) is 21.3. The summed E-state index contributed by atoms with van der Waals surface area (Å²) < 4.78 is 5.27. The van der Waals surface area contributed by atoms with Crippen LogP contribution in [-0.2, 0) is 4.79 Å². The fourth-order valence-electron chi connectivity index (χ4n) is 3.11. The van der Waals surface area contributed by atoms with E-state index in [0.717, 1.165) is 53.7 Å². The average Bonchev–Trinajstić information content (AvgIpc) is 2.72. The van der Waals surface area contributed by atoms with Gasteiger partial charge in [-0.2, -0.15) is 0 Å². The van der Waals surface area contributed by atoms with Crippen molar-refractivity contribution in [2.24, 2.45) is 0 Å². The van der Waals surface area contributed by atoms with Crippen molar-refractivity contribution in [3.63, 3.8) is 0 Å². The summed E-state index contributed by atoms with van der Waals surface area (Å²) >= 11 is 7.85. The standard InChI is InChI=1S/C23H25ClN2O3S/c1-16-13-18(6-8-22(16)29-15-23(27)28)30-12-4-2-3-10-25-20-9-11-26-21-14-17(24)5-7-19(20)21/h5-9,11,13-14H,2-4,10,12,15H2,1H3,(H,25,26)(H,27,28). The molecule has 158 valence electrons. The molecule has 0 saturated carbocycles. The number of rotatable bonds is 11. The zero-order valence-electron chi connectivity index (χ0n) is 16.9. The van der Waals surface area contributed by atoms with Crippen LogP contribution in [0.15, 0.2) is 53.6 Å². The van der Waals surface area contributed by atoms with Gasteiger partial charge < -0.3 is 15.2 Å². The molecule has 1 aromatic heterocycles. The van der Waals surface area contributed by atoms with Gasteiger partial charge in [-0.25, -0.2) is 4.79 Å². The summed E-state index contributed by atoms with van der Waals surface area (Å²) in [6, 6.07) is 13.6. The first kappa shape index (κ1) is 22.2. The second-order valence-corrected chi connectivity index (χ2v) is 8.57. The number of anilines is 1. The molecular weight excluding hydrogens is 420 g/mol. The van der Waals surface area contributed by atoms with Gasteiger partial charge in [0.2, 0.25) is 0 Å². The summed E-state index contributed by atoms with van der Waals surface area (Å²) in [5.41, 5.74) is 2.95. The third kappa shape index (κ3) is 6.54. The Labute approximate surface area is 185 Å². The van der Waals surface area contributed by atoms with Gasteiger partial charge in [0.1, 0.15) is 5.75 Å². The van der Waals surface area contributed by atoms with Crippen LogP contribution in [0.25, 0.3) is 10.9 Å². The van der Waals surface area contributed by atoms with E-state index in [4.69, 9.17) is 21.4 Å². The van der Waals surface area contributed by atoms with E-state index in [2.05, 4.69) is 10.3 Å². The topological polar surface area (TPSA) is 71.5 Å². The third-order valence-corrected chi connectivity index (χ3v) is 5.92. The number of hydrogen-bond donors (Lipinski definition) is 2. The molecule has 3 aromatic rings. The molecule has 0 unspecified atom stereocenters. The number of aryl methyl sites for hydroxylation is 1. The first-order valence-corrected chi connectivity index (χ1v) is 11.3. The number of fused-ring (bicyclic) bond motifs is 1. The maximum absolute atomic E-state index is 10.6. The highest BCUT2D eigenvalue weighted by Crippen LogP contribution is 2.27. The number of pyridine rings is 1. The van der Waals surface area contributed by atoms with E-state index < -0.39 is 5.97 Å². The zero-order valence-corrected chi connectivity index (χ0v) is 18.4. The highest BCUT2D eigenvalue weighted by molar-refractivity contribution is 7.99. The molecular formula is C23H25ClN2O3S. The second kappa shape index (κ2) is 11.1. The van der Waals surface area contributed by atoms with Gasteiger partial charge in [-0.1, -0.05) is 18.0 Å². The van der Waals surface area contributed by atoms with Crippen molar-refractivity contribution in [1.82, 2.24) is 4.98 Å². The number of halogens is 1. The van der Waals surface area contributed by atoms with E-state index in [1.165, 1.54) is 4.90 Å². The lowest BCUT2D eigenvalue weighted by molar-refractivity contribution is -0.139. The highest BCUT2D eigenvalue weighted by Gasteiger charge is 2.05. The monoisotopic (exact) mass is 444 g/mol. The fourth-order valence-corrected chi connectivity index (χ4v) is 4.28. The molecule has 0 aliphatic rings. The molecule has 0 spiro atoms. The summed E-state index contributed by atoms with van der Waals surface area (Å²) in [5.74, 6) is 0.702. The Bertz CT molecular complexity index is 1010. The number of carboxylic acids is 1. The van der Waals surface area contributed by atoms with Crippen molar-refractivity contribution in [3.05, 3.63) is 59.2 Å². The van der Waals surface area contributed by atoms with Gasteiger partial charge in [0.05, 0.1) is 5.52 Å². The number of unbranched alkanes of at least 4 members (excludes halogenated alkanes) is 2. The summed E-state index contributed by atoms with van der Waals surface area (Å²) in [5, 5.41) is 14.0. The van der Waals surface area contributed by atoms with Gasteiger partial charge in [0.25, 0.3) is 0 Å². The minimum absolute atomic E-state index is 0.315. The van der Waals surface area contributed by atoms with Crippen LogP contribution in [0, 0.1) is 6.92 Å². The van der Waals surface area contributed by atoms with Crippen LogP contribution < -0.4 is 10.1 Å². The summed E-state index contributed by atoms with van der Waals surface area (Å²) in [7, 11) is 0. The number of benzene rings is 2. The number of carbonyl (C=O) groups is 1. The Kier molecular flexibility index (Phi) is 8.22. The molecule has 0 atom stereocenters. The molecule has 0 radical (unpaired) electrons. The van der Waals surface area contributed by atoms with Crippen LogP contribution in [0.4, 0.5) is 5.69 Å². The molecule has 30 heavy (non-hydrogen) atoms. The van der Waals surface area contributed by atoms with Crippen LogP contribution in [0.3, 0.4) is 0 Å². The summed E-state index contributed by atoms with van der Waals surface area (Å²) in [6.07, 6.45) is 5.18. The molecule has 0 saturated heterocycles. The molecule has 0 aliphatic heterocycles. The van der Waals surface area contributed by atoms with Crippen molar-refractivity contribution in [1.29, 1.82) is 0 Å². The molecule has 0 amide bonds. The fraction of sp³-hybridized carbons (Fsp3) is 0.304. The molecule has 7 heteroatoms. The SMILES string of the molecule is Cc1cc(SCCCCCNc2ccnc3cc(Cl)ccc23)ccc1OCC(=O)O. The number of aliphatic carboxylic acids is 1. The maximum atomic E-state index is 10.6. The maximum Gasteiger partial charge on any atom is 0.341 e. The van der Waals surface area contributed by atoms with E-state index in [0.29, 0.717) is 10.8 Å². The second-order valence-electron chi connectivity index (χ2n) is 6.97. The molecule has 1 heterocycles. The van der Waals surface area contributed by atoms with Gasteiger partial charge >= 0.3 is 5.97 Å². The molecule has 2 aromatic carbocycles. The van der Waals surface area contributed by atoms with Crippen molar-refractivity contribution in [3.8, 4) is 5.75 Å². The number of ether oxygens (including phenoxy) is 1. The normalized spacial score (nSPS) is 10.9. The van der Waals surface area contributed by atoms with Crippen LogP contribution in [0.1, 0.15) is 24.8 Å². The first-order valence-electron chi connectivity index (χ1n) is 9.89. The predicted octanol–water partition coefficient (Wildman–Crippen LogP) is 6.03. The number of nitrogens with zero attached hydrogens (tertiary/aromatic N) is 1. The predicted molar refractivity (Wildman–Crippen MR) is 124 cm³/mol. The van der Waals surface area contributed by atoms with Crippen LogP contribution >= 0.6 is 23.4 Å². The number of hydrogen-bond acceptors (Lipinski definition) is 5. The Morgan fingerprint density at radius 1 is 1.17 bits per heavy atom. The van der Waals surface area contributed by atoms with E-state index in [1.54, 1.807) is 6.20 Å². The average molecular weight is 445 g/mol. The highest BCUT2D eigenvalue weighted by atomic mass is 35.5. The first-order chi connectivity index (χ1) is 14.5. The lowest BCUT2D eigenvalue weighted by Crippen LogP contribution is -2.09. The smallest absolute Gasteiger partial charge is 0.341 e. The molecule has 2 N–H and O–H groups in total. The molecule has 0 fully saturated rings. The Morgan fingerprint density at radius 2 is 2.03 bits per heavy atom. The molecule has 0 aliphatic carbocycles. The van der Waals surface area contributed by atoms with E-state index >= 15 is 0 Å². The van der Waals surface area contributed by atoms with E-state index in [1.807, 2.05) is 61.2 Å². The largest absolute Gasteiger partial charge is 0.482 e. The van der Waals surface area contributed by atoms with Crippen molar-refractivity contribution < 1.29 is 14.6 Å². The van der Waals surface area contributed by atoms with Gasteiger partial charge in [-0.15, -0.1) is 11.8 Å². The van der Waals surface area contributed by atoms with Crippen molar-refractivity contribution in [2.45, 2.75) is 31.1 Å². The number of nitrogens with one attached hydrogen (secondary N) is 1. The molecule has 0 bridgehead atoms. The van der Waals surface area contributed by atoms with Crippen LogP contribution in [0.2, 0.25) is 5.02 Å². The van der Waals surface area contributed by atoms with Gasteiger partial charge in [-0.3, -0.25) is 4.98 Å². The Hall–Kier alpha value is -2.44. The quantitative estimate of drug-likeness (QED) is 0.277. The molecule has 5 nitrogen and oxygen atoms in total. The Balaban J connectivity index is 1.36. The minimum Gasteiger partial charge on any atom is -0.482 e. The number of thioether (sulfide) groups is 1. The van der Waals surface area contributed by atoms with E-state index in [9.17, 15) is 4.79 Å². The lowest BCUT2D eigenvalue weighted by Gasteiger charge is -2.10. The van der Waals surface area contributed by atoms with Gasteiger partial charge in [-0.05, 0) is 73.5 Å². The summed E-state index contributed by atoms with van der Waals surface area (Å²) in [6.45, 7) is 2.54. The van der Waals surface area contributed by atoms with Gasteiger partial charge in [0, 0.05) is 33.7 Å². The summed E-state index contributed by atoms with van der Waals surface area (Å²) in [4.78, 5) is 16.2. The molecule has 3 rings (SSSR count). The van der Waals surface area contributed by atoms with E-state index in [-0.39, 0.29) is 6.61 Å². The van der Waals surface area contributed by atoms with Crippen LogP contribution in [-0.4, -0.2) is 35.0 Å². The minimum atomic E-state index is -0.969. The Morgan fingerprint density at radius 3 is 2.83 bits per heavy atom. The lowest BCUT2D eigenvalue weighted by atomic mass is 10.2. The number of carboxylic acid groups (broad SMARTS) is 1. The van der Waals surface area contributed by atoms with Gasteiger partial charge in [0.15, 0.2) is 6.61 Å². The van der Waals surface area contributed by atoms with Crippen molar-refractivity contribution >= 4 is 45.9 Å².